The van der Waals surface area contributed by atoms with E-state index in [1.54, 1.807) is 6.20 Å². The fourth-order valence-corrected chi connectivity index (χ4v) is 1.39. The maximum absolute atomic E-state index is 5.24. The first-order chi connectivity index (χ1) is 6.56. The molecule has 3 N–H and O–H groups in total. The van der Waals surface area contributed by atoms with E-state index >= 15 is 0 Å². The molecule has 0 bridgehead atoms. The smallest absolute Gasteiger partial charge is 0.239 e. The van der Waals surface area contributed by atoms with Crippen molar-refractivity contribution in [1.82, 2.24) is 9.97 Å². The van der Waals surface area contributed by atoms with Gasteiger partial charge >= 0.3 is 0 Å². The van der Waals surface area contributed by atoms with Crippen molar-refractivity contribution in [2.75, 3.05) is 17.4 Å². The number of hydrazine groups is 1. The summed E-state index contributed by atoms with van der Waals surface area (Å²) in [5.41, 5.74) is 2.42. The van der Waals surface area contributed by atoms with Crippen LogP contribution in [0, 0.1) is 0 Å². The Kier molecular flexibility index (Phi) is 3.65. The van der Waals surface area contributed by atoms with Gasteiger partial charge in [-0.3, -0.25) is 5.43 Å². The van der Waals surface area contributed by atoms with Crippen molar-refractivity contribution < 1.29 is 0 Å². The van der Waals surface area contributed by atoms with E-state index in [9.17, 15) is 0 Å². The molecule has 0 fully saturated rings. The molecule has 6 heteroatoms. The Hall–Kier alpha value is -0.880. The van der Waals surface area contributed by atoms with E-state index in [1.807, 2.05) is 11.9 Å². The average Bonchev–Trinajstić information content (AvgIpc) is 2.17. The minimum atomic E-state index is 0.367. The summed E-state index contributed by atoms with van der Waals surface area (Å²) in [7, 11) is 1.97. The molecule has 1 aromatic heterocycles. The normalized spacial score (nSPS) is 10.4. The summed E-state index contributed by atoms with van der Waals surface area (Å²) in [6.07, 6.45) is 1.68. The second-order valence-electron chi connectivity index (χ2n) is 3.21. The molecule has 1 aromatic rings. The Labute approximate surface area is 91.8 Å². The number of nitrogens with zero attached hydrogens (tertiary/aromatic N) is 3. The molecule has 0 spiro atoms. The van der Waals surface area contributed by atoms with Crippen LogP contribution in [0.5, 0.6) is 0 Å². The van der Waals surface area contributed by atoms with Crippen LogP contribution in [0.2, 0.25) is 0 Å². The van der Waals surface area contributed by atoms with Gasteiger partial charge in [0.2, 0.25) is 5.95 Å². The van der Waals surface area contributed by atoms with Crippen LogP contribution in [0.1, 0.15) is 13.8 Å². The highest BCUT2D eigenvalue weighted by Gasteiger charge is 2.11. The molecule has 0 radical (unpaired) electrons. The van der Waals surface area contributed by atoms with Crippen LogP contribution in [0.3, 0.4) is 0 Å². The van der Waals surface area contributed by atoms with Gasteiger partial charge in [-0.05, 0) is 29.8 Å². The Bertz CT molecular complexity index is 315. The number of anilines is 2. The number of hydrogen-bond acceptors (Lipinski definition) is 5. The van der Waals surface area contributed by atoms with E-state index in [0.717, 1.165) is 10.3 Å². The molecule has 0 amide bonds. The third-order valence-electron chi connectivity index (χ3n) is 1.96. The van der Waals surface area contributed by atoms with E-state index in [2.05, 4.69) is 45.2 Å². The van der Waals surface area contributed by atoms with Crippen molar-refractivity contribution in [1.29, 1.82) is 0 Å². The number of nitrogen functional groups attached to an aromatic ring is 1. The summed E-state index contributed by atoms with van der Waals surface area (Å²) in [5.74, 6) is 6.47. The zero-order valence-corrected chi connectivity index (χ0v) is 10.0. The highest BCUT2D eigenvalue weighted by Crippen LogP contribution is 2.24. The predicted octanol–water partition coefficient (Wildman–Crippen LogP) is 1.37. The lowest BCUT2D eigenvalue weighted by atomic mass is 10.3. The zero-order chi connectivity index (χ0) is 10.7. The standard InChI is InChI=1S/C8H14BrN5/c1-5(2)14(3)7-6(9)4-11-8(12-7)13-10/h4-5H,10H2,1-3H3,(H,11,12,13). The van der Waals surface area contributed by atoms with Crippen LogP contribution in [0.15, 0.2) is 10.7 Å². The monoisotopic (exact) mass is 259 g/mol. The van der Waals surface area contributed by atoms with Gasteiger partial charge in [-0.15, -0.1) is 0 Å². The molecule has 0 aliphatic carbocycles. The molecule has 0 aliphatic rings. The molecule has 5 nitrogen and oxygen atoms in total. The lowest BCUT2D eigenvalue weighted by Crippen LogP contribution is -2.27. The summed E-state index contributed by atoms with van der Waals surface area (Å²) in [6, 6.07) is 0.367. The van der Waals surface area contributed by atoms with Gasteiger partial charge < -0.3 is 4.90 Å². The Morgan fingerprint density at radius 2 is 2.21 bits per heavy atom. The van der Waals surface area contributed by atoms with Crippen LogP contribution in [-0.4, -0.2) is 23.1 Å². The maximum Gasteiger partial charge on any atom is 0.239 e. The maximum atomic E-state index is 5.24. The largest absolute Gasteiger partial charge is 0.356 e. The molecule has 0 unspecified atom stereocenters. The number of nitrogens with two attached hydrogens (primary N) is 1. The fourth-order valence-electron chi connectivity index (χ4n) is 0.920. The number of nitrogens with one attached hydrogen (secondary N) is 1. The third-order valence-corrected chi connectivity index (χ3v) is 2.52. The third kappa shape index (κ3) is 2.33. The second-order valence-corrected chi connectivity index (χ2v) is 4.07. The summed E-state index contributed by atoms with van der Waals surface area (Å²) in [5, 5.41) is 0. The molecular formula is C8H14BrN5. The molecule has 78 valence electrons. The van der Waals surface area contributed by atoms with Crippen molar-refractivity contribution in [3.05, 3.63) is 10.7 Å². The summed E-state index contributed by atoms with van der Waals surface area (Å²) >= 11 is 3.39. The predicted molar refractivity (Wildman–Crippen MR) is 61.1 cm³/mol. The van der Waals surface area contributed by atoms with Crippen molar-refractivity contribution in [2.45, 2.75) is 19.9 Å². The van der Waals surface area contributed by atoms with Crippen LogP contribution in [-0.2, 0) is 0 Å². The Balaban J connectivity index is 3.05. The van der Waals surface area contributed by atoms with Crippen LogP contribution in [0.4, 0.5) is 11.8 Å². The first-order valence-corrected chi connectivity index (χ1v) is 5.07. The number of aromatic nitrogens is 2. The van der Waals surface area contributed by atoms with Crippen molar-refractivity contribution in [2.24, 2.45) is 5.84 Å². The van der Waals surface area contributed by atoms with Crippen molar-refractivity contribution in [3.63, 3.8) is 0 Å². The number of rotatable bonds is 3. The van der Waals surface area contributed by atoms with Gasteiger partial charge in [0, 0.05) is 19.3 Å². The van der Waals surface area contributed by atoms with Crippen LogP contribution in [0.25, 0.3) is 0 Å². The zero-order valence-electron chi connectivity index (χ0n) is 8.45. The minimum absolute atomic E-state index is 0.367. The van der Waals surface area contributed by atoms with Gasteiger partial charge in [0.1, 0.15) is 5.82 Å². The van der Waals surface area contributed by atoms with Gasteiger partial charge in [-0.25, -0.2) is 10.8 Å². The highest BCUT2D eigenvalue weighted by molar-refractivity contribution is 9.10. The number of halogens is 1. The fraction of sp³-hybridized carbons (Fsp3) is 0.500. The molecule has 1 heterocycles. The van der Waals surface area contributed by atoms with E-state index < -0.39 is 0 Å². The summed E-state index contributed by atoms with van der Waals surface area (Å²) < 4.78 is 0.854. The lowest BCUT2D eigenvalue weighted by molar-refractivity contribution is 0.739. The SMILES string of the molecule is CC(C)N(C)c1nc(NN)ncc1Br. The van der Waals surface area contributed by atoms with Crippen molar-refractivity contribution in [3.8, 4) is 0 Å². The van der Waals surface area contributed by atoms with Crippen molar-refractivity contribution >= 4 is 27.7 Å². The van der Waals surface area contributed by atoms with Crippen LogP contribution < -0.4 is 16.2 Å². The summed E-state index contributed by atoms with van der Waals surface area (Å²) in [4.78, 5) is 10.3. The summed E-state index contributed by atoms with van der Waals surface area (Å²) in [6.45, 7) is 4.17. The van der Waals surface area contributed by atoms with E-state index in [0.29, 0.717) is 12.0 Å². The van der Waals surface area contributed by atoms with Crippen LogP contribution >= 0.6 is 15.9 Å². The molecule has 0 saturated heterocycles. The topological polar surface area (TPSA) is 67.1 Å². The lowest BCUT2D eigenvalue weighted by Gasteiger charge is -2.23. The Morgan fingerprint density at radius 3 is 2.71 bits per heavy atom. The van der Waals surface area contributed by atoms with Gasteiger partial charge in [-0.2, -0.15) is 4.98 Å². The van der Waals surface area contributed by atoms with E-state index in [1.165, 1.54) is 0 Å². The first-order valence-electron chi connectivity index (χ1n) is 4.28. The van der Waals surface area contributed by atoms with E-state index in [-0.39, 0.29) is 0 Å². The highest BCUT2D eigenvalue weighted by atomic mass is 79.9. The molecule has 14 heavy (non-hydrogen) atoms. The first kappa shape index (κ1) is 11.2. The molecule has 0 aromatic carbocycles. The molecule has 0 aliphatic heterocycles. The average molecular weight is 260 g/mol. The Morgan fingerprint density at radius 1 is 1.57 bits per heavy atom. The molecule has 0 saturated carbocycles. The number of hydrogen-bond donors (Lipinski definition) is 2. The molecular weight excluding hydrogens is 246 g/mol. The minimum Gasteiger partial charge on any atom is -0.356 e. The molecule has 1 rings (SSSR count). The van der Waals surface area contributed by atoms with Gasteiger partial charge in [0.15, 0.2) is 0 Å². The van der Waals surface area contributed by atoms with Gasteiger partial charge in [0.25, 0.3) is 0 Å². The van der Waals surface area contributed by atoms with E-state index in [4.69, 9.17) is 5.84 Å². The quantitative estimate of drug-likeness (QED) is 0.634. The van der Waals surface area contributed by atoms with Gasteiger partial charge in [-0.1, -0.05) is 0 Å². The second kappa shape index (κ2) is 4.56. The molecule has 0 atom stereocenters. The van der Waals surface area contributed by atoms with Gasteiger partial charge in [0.05, 0.1) is 4.47 Å².